The lowest BCUT2D eigenvalue weighted by Gasteiger charge is -2.42. The SMILES string of the molecule is COc1ccc(N2CN3C(=C(O)[C@H]2c2cccc(-c4ccccn4)c2)Nc2ccccc23)cc1. The van der Waals surface area contributed by atoms with Gasteiger partial charge in [-0.25, -0.2) is 0 Å². The van der Waals surface area contributed by atoms with Gasteiger partial charge in [0.05, 0.1) is 30.8 Å². The highest BCUT2D eigenvalue weighted by molar-refractivity contribution is 5.82. The van der Waals surface area contributed by atoms with E-state index >= 15 is 0 Å². The van der Waals surface area contributed by atoms with Crippen LogP contribution in [-0.4, -0.2) is 23.9 Å². The first kappa shape index (κ1) is 20.2. The van der Waals surface area contributed by atoms with Crippen molar-refractivity contribution in [3.8, 4) is 17.0 Å². The normalized spacial score (nSPS) is 16.7. The third-order valence-corrected chi connectivity index (χ3v) is 6.39. The molecule has 2 aliphatic heterocycles. The molecule has 34 heavy (non-hydrogen) atoms. The summed E-state index contributed by atoms with van der Waals surface area (Å²) in [7, 11) is 1.66. The number of rotatable bonds is 4. The Morgan fingerprint density at radius 3 is 2.56 bits per heavy atom. The van der Waals surface area contributed by atoms with Gasteiger partial charge in [-0.05, 0) is 60.2 Å². The molecule has 4 aromatic rings. The number of fused-ring (bicyclic) bond motifs is 3. The van der Waals surface area contributed by atoms with Crippen molar-refractivity contribution in [2.45, 2.75) is 6.04 Å². The van der Waals surface area contributed by atoms with Gasteiger partial charge in [-0.2, -0.15) is 0 Å². The standard InChI is InChI=1S/C28H24N4O2/c1-34-22-14-12-21(13-15-22)31-18-32-25-11-3-2-10-24(25)30-28(32)27(33)26(31)20-8-6-7-19(17-20)23-9-4-5-16-29-23/h2-17,26,30,33H,18H2,1H3/t26-/m1/s1. The third-order valence-electron chi connectivity index (χ3n) is 6.39. The summed E-state index contributed by atoms with van der Waals surface area (Å²) in [6.07, 6.45) is 1.79. The molecule has 0 radical (unpaired) electrons. The number of nitrogens with one attached hydrogen (secondary N) is 1. The van der Waals surface area contributed by atoms with Crippen LogP contribution in [0.5, 0.6) is 5.75 Å². The molecule has 3 heterocycles. The average Bonchev–Trinajstić information content (AvgIpc) is 3.28. The smallest absolute Gasteiger partial charge is 0.160 e. The maximum absolute atomic E-state index is 11.7. The number of benzene rings is 3. The van der Waals surface area contributed by atoms with Crippen LogP contribution < -0.4 is 19.9 Å². The molecular formula is C28H24N4O2. The van der Waals surface area contributed by atoms with E-state index in [1.54, 1.807) is 13.3 Å². The Labute approximate surface area is 198 Å². The predicted molar refractivity (Wildman–Crippen MR) is 135 cm³/mol. The summed E-state index contributed by atoms with van der Waals surface area (Å²) in [4.78, 5) is 8.84. The number of para-hydroxylation sites is 2. The Balaban J connectivity index is 1.49. The largest absolute Gasteiger partial charge is 0.506 e. The summed E-state index contributed by atoms with van der Waals surface area (Å²) < 4.78 is 5.37. The maximum Gasteiger partial charge on any atom is 0.160 e. The Morgan fingerprint density at radius 2 is 1.76 bits per heavy atom. The highest BCUT2D eigenvalue weighted by Gasteiger charge is 2.39. The van der Waals surface area contributed by atoms with Crippen LogP contribution in [0.2, 0.25) is 0 Å². The van der Waals surface area contributed by atoms with Crippen molar-refractivity contribution in [2.24, 2.45) is 0 Å². The first-order chi connectivity index (χ1) is 16.7. The molecule has 0 fully saturated rings. The predicted octanol–water partition coefficient (Wildman–Crippen LogP) is 5.94. The summed E-state index contributed by atoms with van der Waals surface area (Å²) >= 11 is 0. The van der Waals surface area contributed by atoms with Crippen LogP contribution in [0.4, 0.5) is 17.1 Å². The van der Waals surface area contributed by atoms with E-state index < -0.39 is 0 Å². The van der Waals surface area contributed by atoms with Gasteiger partial charge in [0.25, 0.3) is 0 Å². The zero-order valence-electron chi connectivity index (χ0n) is 18.7. The molecule has 1 aromatic heterocycles. The van der Waals surface area contributed by atoms with Gasteiger partial charge in [-0.15, -0.1) is 0 Å². The first-order valence-electron chi connectivity index (χ1n) is 11.2. The first-order valence-corrected chi connectivity index (χ1v) is 11.2. The van der Waals surface area contributed by atoms with Gasteiger partial charge < -0.3 is 25.0 Å². The highest BCUT2D eigenvalue weighted by Crippen LogP contribution is 2.45. The fourth-order valence-corrected chi connectivity index (χ4v) is 4.73. The molecular weight excluding hydrogens is 424 g/mol. The second-order valence-electron chi connectivity index (χ2n) is 8.36. The number of aliphatic hydroxyl groups excluding tert-OH is 1. The van der Waals surface area contributed by atoms with Crippen molar-refractivity contribution in [3.63, 3.8) is 0 Å². The molecule has 0 aliphatic carbocycles. The minimum atomic E-state index is -0.370. The molecule has 1 atom stereocenters. The molecule has 6 heteroatoms. The monoisotopic (exact) mass is 448 g/mol. The number of anilines is 3. The number of ether oxygens (including phenoxy) is 1. The van der Waals surface area contributed by atoms with Gasteiger partial charge in [0, 0.05) is 17.4 Å². The summed E-state index contributed by atoms with van der Waals surface area (Å²) in [5, 5.41) is 15.1. The van der Waals surface area contributed by atoms with Crippen molar-refractivity contribution in [3.05, 3.63) is 114 Å². The van der Waals surface area contributed by atoms with Gasteiger partial charge >= 0.3 is 0 Å². The zero-order valence-corrected chi connectivity index (χ0v) is 18.7. The lowest BCUT2D eigenvalue weighted by Crippen LogP contribution is -2.45. The van der Waals surface area contributed by atoms with Gasteiger partial charge in [0.1, 0.15) is 11.8 Å². The number of aliphatic hydroxyl groups is 1. The lowest BCUT2D eigenvalue weighted by molar-refractivity contribution is 0.342. The molecule has 0 amide bonds. The Hall–Kier alpha value is -4.45. The van der Waals surface area contributed by atoms with E-state index in [1.807, 2.05) is 72.8 Å². The molecule has 6 rings (SSSR count). The molecule has 0 spiro atoms. The molecule has 0 unspecified atom stereocenters. The van der Waals surface area contributed by atoms with Gasteiger partial charge in [0.15, 0.2) is 11.6 Å². The topological polar surface area (TPSA) is 60.9 Å². The van der Waals surface area contributed by atoms with Crippen molar-refractivity contribution in [2.75, 3.05) is 28.9 Å². The zero-order chi connectivity index (χ0) is 23.1. The maximum atomic E-state index is 11.7. The van der Waals surface area contributed by atoms with Gasteiger partial charge in [-0.3, -0.25) is 4.98 Å². The Bertz CT molecular complexity index is 1370. The molecule has 0 saturated heterocycles. The van der Waals surface area contributed by atoms with Gasteiger partial charge in [0.2, 0.25) is 0 Å². The van der Waals surface area contributed by atoms with Crippen LogP contribution in [0.15, 0.2) is 109 Å². The molecule has 2 N–H and O–H groups in total. The highest BCUT2D eigenvalue weighted by atomic mass is 16.5. The number of hydrogen-bond donors (Lipinski definition) is 2. The number of methoxy groups -OCH3 is 1. The molecule has 2 aliphatic rings. The van der Waals surface area contributed by atoms with Crippen molar-refractivity contribution in [1.29, 1.82) is 0 Å². The fourth-order valence-electron chi connectivity index (χ4n) is 4.73. The summed E-state index contributed by atoms with van der Waals surface area (Å²) in [5.74, 6) is 1.79. The van der Waals surface area contributed by atoms with Crippen LogP contribution in [0.25, 0.3) is 11.3 Å². The second kappa shape index (κ2) is 8.15. The van der Waals surface area contributed by atoms with Crippen LogP contribution in [0.3, 0.4) is 0 Å². The number of pyridine rings is 1. The van der Waals surface area contributed by atoms with Crippen LogP contribution in [0, 0.1) is 0 Å². The van der Waals surface area contributed by atoms with E-state index in [2.05, 4.69) is 38.3 Å². The minimum Gasteiger partial charge on any atom is -0.506 e. The van der Waals surface area contributed by atoms with Crippen molar-refractivity contribution in [1.82, 2.24) is 4.98 Å². The van der Waals surface area contributed by atoms with Crippen LogP contribution in [-0.2, 0) is 0 Å². The van der Waals surface area contributed by atoms with E-state index in [-0.39, 0.29) is 11.8 Å². The quantitative estimate of drug-likeness (QED) is 0.403. The number of aromatic nitrogens is 1. The van der Waals surface area contributed by atoms with Crippen molar-refractivity contribution >= 4 is 17.1 Å². The van der Waals surface area contributed by atoms with E-state index in [0.717, 1.165) is 45.5 Å². The van der Waals surface area contributed by atoms with E-state index in [4.69, 9.17) is 4.74 Å². The average molecular weight is 449 g/mol. The second-order valence-corrected chi connectivity index (χ2v) is 8.36. The summed E-state index contributed by atoms with van der Waals surface area (Å²) in [6, 6.07) is 29.8. The lowest BCUT2D eigenvalue weighted by atomic mass is 9.97. The molecule has 0 bridgehead atoms. The molecule has 6 nitrogen and oxygen atoms in total. The third kappa shape index (κ3) is 3.31. The fraction of sp³-hybridized carbons (Fsp3) is 0.107. The van der Waals surface area contributed by atoms with Crippen LogP contribution in [0.1, 0.15) is 11.6 Å². The van der Waals surface area contributed by atoms with Gasteiger partial charge in [-0.1, -0.05) is 36.4 Å². The van der Waals surface area contributed by atoms with Crippen LogP contribution >= 0.6 is 0 Å². The van der Waals surface area contributed by atoms with E-state index in [9.17, 15) is 5.11 Å². The van der Waals surface area contributed by atoms with E-state index in [0.29, 0.717) is 6.67 Å². The molecule has 3 aromatic carbocycles. The Morgan fingerprint density at radius 1 is 0.941 bits per heavy atom. The van der Waals surface area contributed by atoms with E-state index in [1.165, 1.54) is 0 Å². The number of nitrogens with zero attached hydrogens (tertiary/aromatic N) is 3. The molecule has 0 saturated carbocycles. The van der Waals surface area contributed by atoms with Crippen molar-refractivity contribution < 1.29 is 9.84 Å². The summed E-state index contributed by atoms with van der Waals surface area (Å²) in [6.45, 7) is 0.578. The minimum absolute atomic E-state index is 0.274. The summed E-state index contributed by atoms with van der Waals surface area (Å²) in [5.41, 5.74) is 5.92. The Kier molecular flexibility index (Phi) is 4.84. The molecule has 168 valence electrons. The number of hydrogen-bond acceptors (Lipinski definition) is 6.